The molecule has 170 valence electrons. The highest BCUT2D eigenvalue weighted by molar-refractivity contribution is 5.99. The fraction of sp³-hybridized carbons (Fsp3) is 0.0417. The molecule has 2 amide bonds. The van der Waals surface area contributed by atoms with E-state index in [0.717, 1.165) is 6.07 Å². The summed E-state index contributed by atoms with van der Waals surface area (Å²) in [5.74, 6) is -1.62. The molecule has 0 spiro atoms. The summed E-state index contributed by atoms with van der Waals surface area (Å²) in [6.45, 7) is 0. The Labute approximate surface area is 192 Å². The van der Waals surface area contributed by atoms with Gasteiger partial charge in [0.1, 0.15) is 17.2 Å². The van der Waals surface area contributed by atoms with Crippen molar-refractivity contribution in [1.82, 2.24) is 20.9 Å². The van der Waals surface area contributed by atoms with Crippen LogP contribution in [0.5, 0.6) is 11.5 Å². The summed E-state index contributed by atoms with van der Waals surface area (Å²) in [6, 6.07) is 17.5. The Balaban J connectivity index is 1.67. The molecule has 0 fully saturated rings. The summed E-state index contributed by atoms with van der Waals surface area (Å²) in [5, 5.41) is 32.8. The predicted octanol–water partition coefficient (Wildman–Crippen LogP) is 1.96. The number of hydrogen-bond donors (Lipinski definition) is 5. The molecule has 10 nitrogen and oxygen atoms in total. The average Bonchev–Trinajstić information content (AvgIpc) is 2.85. The maximum atomic E-state index is 13.1. The number of amides is 2. The first-order chi connectivity index (χ1) is 16.4. The summed E-state index contributed by atoms with van der Waals surface area (Å²) in [7, 11) is 0. The number of carbonyl (C=O) groups is 2. The van der Waals surface area contributed by atoms with Crippen LogP contribution in [-0.2, 0) is 4.79 Å². The summed E-state index contributed by atoms with van der Waals surface area (Å²) in [5.41, 5.74) is 2.58. The standard InChI is InChI=1S/C24H19N5O5/c30-16-11-10-15(19(31)12-16)13-25-28-24(34)21(26-22(32)14-6-2-1-3-7-14)20-17-8-4-5-9-18(17)23(33)29-27-20/h1-13,21,30-31H,(H,26,32)(H,28,34)(H,29,33)/b25-13+/t21-/m1/s1. The minimum Gasteiger partial charge on any atom is -0.508 e. The van der Waals surface area contributed by atoms with Gasteiger partial charge in [-0.15, -0.1) is 0 Å². The van der Waals surface area contributed by atoms with Gasteiger partial charge >= 0.3 is 0 Å². The van der Waals surface area contributed by atoms with Crippen molar-refractivity contribution in [3.05, 3.63) is 100.0 Å². The van der Waals surface area contributed by atoms with E-state index < -0.39 is 23.4 Å². The summed E-state index contributed by atoms with van der Waals surface area (Å²) in [6.07, 6.45) is 1.18. The molecule has 0 aliphatic rings. The second-order valence-electron chi connectivity index (χ2n) is 7.23. The van der Waals surface area contributed by atoms with Gasteiger partial charge in [-0.05, 0) is 30.3 Å². The van der Waals surface area contributed by atoms with Crippen molar-refractivity contribution >= 4 is 28.8 Å². The van der Waals surface area contributed by atoms with E-state index in [4.69, 9.17) is 0 Å². The number of phenolic OH excluding ortho intramolecular Hbond substituents is 2. The quantitative estimate of drug-likeness (QED) is 0.220. The zero-order valence-electron chi connectivity index (χ0n) is 17.6. The molecular formula is C24H19N5O5. The minimum atomic E-state index is -1.31. The van der Waals surface area contributed by atoms with Crippen molar-refractivity contribution in [2.75, 3.05) is 0 Å². The first-order valence-corrected chi connectivity index (χ1v) is 10.1. The lowest BCUT2D eigenvalue weighted by molar-refractivity contribution is -0.123. The Morgan fingerprint density at radius 1 is 0.971 bits per heavy atom. The first kappa shape index (κ1) is 22.2. The second kappa shape index (κ2) is 9.65. The van der Waals surface area contributed by atoms with E-state index in [-0.39, 0.29) is 22.8 Å². The van der Waals surface area contributed by atoms with Gasteiger partial charge in [0, 0.05) is 22.6 Å². The number of nitrogens with zero attached hydrogens (tertiary/aromatic N) is 2. The maximum absolute atomic E-state index is 13.1. The molecule has 0 aliphatic carbocycles. The summed E-state index contributed by atoms with van der Waals surface area (Å²) < 4.78 is 0. The molecule has 1 atom stereocenters. The van der Waals surface area contributed by atoms with Crippen LogP contribution < -0.4 is 16.3 Å². The third kappa shape index (κ3) is 4.75. The van der Waals surface area contributed by atoms with Crippen LogP contribution in [0.25, 0.3) is 10.8 Å². The molecule has 1 aromatic heterocycles. The highest BCUT2D eigenvalue weighted by atomic mass is 16.3. The SMILES string of the molecule is O=C(N[C@@H](C(=O)N/N=C/c1ccc(O)cc1O)c1n[nH]c(=O)c2ccccc12)c1ccccc1. The minimum absolute atomic E-state index is 0.125. The van der Waals surface area contributed by atoms with Gasteiger partial charge in [0.15, 0.2) is 6.04 Å². The Kier molecular flexibility index (Phi) is 6.31. The molecule has 4 aromatic rings. The lowest BCUT2D eigenvalue weighted by Gasteiger charge is -2.18. The molecule has 0 saturated heterocycles. The van der Waals surface area contributed by atoms with Gasteiger partial charge in [-0.25, -0.2) is 10.5 Å². The van der Waals surface area contributed by atoms with Gasteiger partial charge in [-0.3, -0.25) is 14.4 Å². The fourth-order valence-electron chi connectivity index (χ4n) is 3.29. The van der Waals surface area contributed by atoms with Crippen molar-refractivity contribution in [3.8, 4) is 11.5 Å². The van der Waals surface area contributed by atoms with Crippen molar-refractivity contribution in [3.63, 3.8) is 0 Å². The van der Waals surface area contributed by atoms with Crippen molar-refractivity contribution < 1.29 is 19.8 Å². The van der Waals surface area contributed by atoms with E-state index in [0.29, 0.717) is 16.3 Å². The number of fused-ring (bicyclic) bond motifs is 1. The zero-order chi connectivity index (χ0) is 24.1. The van der Waals surface area contributed by atoms with Crippen LogP contribution in [0.3, 0.4) is 0 Å². The summed E-state index contributed by atoms with van der Waals surface area (Å²) >= 11 is 0. The van der Waals surface area contributed by atoms with E-state index in [1.807, 2.05) is 0 Å². The normalized spacial score (nSPS) is 11.9. The third-order valence-corrected chi connectivity index (χ3v) is 4.96. The topological polar surface area (TPSA) is 157 Å². The van der Waals surface area contributed by atoms with Gasteiger partial charge in [0.2, 0.25) is 0 Å². The molecule has 3 aromatic carbocycles. The van der Waals surface area contributed by atoms with Crippen molar-refractivity contribution in [2.24, 2.45) is 5.10 Å². The van der Waals surface area contributed by atoms with E-state index in [2.05, 4.69) is 26.0 Å². The van der Waals surface area contributed by atoms with Crippen LogP contribution in [-0.4, -0.2) is 38.4 Å². The molecule has 0 unspecified atom stereocenters. The molecule has 0 radical (unpaired) electrons. The number of benzene rings is 3. The largest absolute Gasteiger partial charge is 0.508 e. The van der Waals surface area contributed by atoms with Gasteiger partial charge in [-0.1, -0.05) is 36.4 Å². The fourth-order valence-corrected chi connectivity index (χ4v) is 3.29. The number of hydrazone groups is 1. The monoisotopic (exact) mass is 457 g/mol. The zero-order valence-corrected chi connectivity index (χ0v) is 17.6. The van der Waals surface area contributed by atoms with E-state index in [1.165, 1.54) is 18.3 Å². The average molecular weight is 457 g/mol. The number of nitrogens with one attached hydrogen (secondary N) is 3. The molecule has 5 N–H and O–H groups in total. The van der Waals surface area contributed by atoms with Gasteiger partial charge in [-0.2, -0.15) is 10.2 Å². The second-order valence-corrected chi connectivity index (χ2v) is 7.23. The lowest BCUT2D eigenvalue weighted by atomic mass is 10.0. The van der Waals surface area contributed by atoms with E-state index >= 15 is 0 Å². The van der Waals surface area contributed by atoms with Crippen LogP contribution in [0.4, 0.5) is 0 Å². The summed E-state index contributed by atoms with van der Waals surface area (Å²) in [4.78, 5) is 38.1. The maximum Gasteiger partial charge on any atom is 0.272 e. The number of phenols is 2. The number of hydrogen-bond acceptors (Lipinski definition) is 7. The van der Waals surface area contributed by atoms with Crippen LogP contribution in [0.15, 0.2) is 82.7 Å². The van der Waals surface area contributed by atoms with Crippen LogP contribution in [0, 0.1) is 0 Å². The smallest absolute Gasteiger partial charge is 0.272 e. The molecule has 1 heterocycles. The number of aromatic amines is 1. The molecule has 0 bridgehead atoms. The number of aromatic hydroxyl groups is 2. The Morgan fingerprint density at radius 3 is 2.41 bits per heavy atom. The Bertz CT molecular complexity index is 1450. The van der Waals surface area contributed by atoms with Crippen molar-refractivity contribution in [1.29, 1.82) is 0 Å². The number of carbonyl (C=O) groups excluding carboxylic acids is 2. The molecule has 4 rings (SSSR count). The number of H-pyrrole nitrogens is 1. The number of rotatable bonds is 6. The van der Waals surface area contributed by atoms with Crippen LogP contribution in [0.2, 0.25) is 0 Å². The van der Waals surface area contributed by atoms with Crippen LogP contribution >= 0.6 is 0 Å². The first-order valence-electron chi connectivity index (χ1n) is 10.1. The molecule has 0 aliphatic heterocycles. The van der Waals surface area contributed by atoms with Crippen LogP contribution in [0.1, 0.15) is 27.7 Å². The highest BCUT2D eigenvalue weighted by Gasteiger charge is 2.27. The van der Waals surface area contributed by atoms with Gasteiger partial charge < -0.3 is 15.5 Å². The molecular weight excluding hydrogens is 438 g/mol. The third-order valence-electron chi connectivity index (χ3n) is 4.96. The van der Waals surface area contributed by atoms with Gasteiger partial charge in [0.05, 0.1) is 11.6 Å². The molecule has 0 saturated carbocycles. The van der Waals surface area contributed by atoms with E-state index in [9.17, 15) is 24.6 Å². The Hall–Kier alpha value is -4.99. The predicted molar refractivity (Wildman–Crippen MR) is 125 cm³/mol. The Morgan fingerprint density at radius 2 is 1.68 bits per heavy atom. The highest BCUT2D eigenvalue weighted by Crippen LogP contribution is 2.22. The molecule has 10 heteroatoms. The molecule has 34 heavy (non-hydrogen) atoms. The van der Waals surface area contributed by atoms with E-state index in [1.54, 1.807) is 54.6 Å². The lowest BCUT2D eigenvalue weighted by Crippen LogP contribution is -2.40. The number of aromatic nitrogens is 2. The van der Waals surface area contributed by atoms with Crippen molar-refractivity contribution in [2.45, 2.75) is 6.04 Å². The van der Waals surface area contributed by atoms with Gasteiger partial charge in [0.25, 0.3) is 17.4 Å².